The van der Waals surface area contributed by atoms with Gasteiger partial charge in [-0.15, -0.1) is 0 Å². The van der Waals surface area contributed by atoms with Gasteiger partial charge in [-0.3, -0.25) is 0 Å². The highest BCUT2D eigenvalue weighted by Crippen LogP contribution is 2.29. The largest absolute Gasteiger partial charge is 0.495 e. The Hall–Kier alpha value is -0.380. The molecule has 0 spiro atoms. The van der Waals surface area contributed by atoms with Gasteiger partial charge in [-0.2, -0.15) is 11.8 Å². The Kier molecular flexibility index (Phi) is 7.66. The number of rotatable bonds is 8. The molecule has 1 N–H and O–H groups in total. The Bertz CT molecular complexity index is 384. The van der Waals surface area contributed by atoms with Crippen LogP contribution in [0, 0.1) is 0 Å². The van der Waals surface area contributed by atoms with Crippen LogP contribution in [0.3, 0.4) is 0 Å². The Balaban J connectivity index is 2.82. The number of hydrogen-bond donors (Lipinski definition) is 1. The predicted octanol–water partition coefficient (Wildman–Crippen LogP) is 4.53. The second kappa shape index (κ2) is 8.72. The van der Waals surface area contributed by atoms with Crippen molar-refractivity contribution in [2.45, 2.75) is 38.5 Å². The van der Waals surface area contributed by atoms with Gasteiger partial charge in [0.25, 0.3) is 0 Å². The molecule has 1 aromatic rings. The summed E-state index contributed by atoms with van der Waals surface area (Å²) in [5, 5.41) is 4.90. The summed E-state index contributed by atoms with van der Waals surface area (Å²) in [7, 11) is 1.66. The number of halogens is 1. The van der Waals surface area contributed by atoms with Gasteiger partial charge < -0.3 is 10.1 Å². The monoisotopic (exact) mass is 301 g/mol. The zero-order valence-electron chi connectivity index (χ0n) is 12.2. The van der Waals surface area contributed by atoms with E-state index in [9.17, 15) is 0 Å². The third-order valence-electron chi connectivity index (χ3n) is 2.81. The number of nitrogens with one attached hydrogen (secondary N) is 1. The van der Waals surface area contributed by atoms with Gasteiger partial charge in [-0.05, 0) is 35.9 Å². The first-order valence-electron chi connectivity index (χ1n) is 6.76. The molecule has 0 radical (unpaired) electrons. The molecule has 0 saturated carbocycles. The number of hydrogen-bond acceptors (Lipinski definition) is 3. The van der Waals surface area contributed by atoms with Crippen LogP contribution < -0.4 is 10.1 Å². The van der Waals surface area contributed by atoms with Crippen LogP contribution in [0.2, 0.25) is 5.02 Å². The van der Waals surface area contributed by atoms with Gasteiger partial charge in [0.05, 0.1) is 12.1 Å². The summed E-state index contributed by atoms with van der Waals surface area (Å²) in [4.78, 5) is 0. The van der Waals surface area contributed by atoms with Crippen LogP contribution >= 0.6 is 23.4 Å². The molecular formula is C15H24ClNOS. The molecular weight excluding hydrogens is 278 g/mol. The molecule has 1 unspecified atom stereocenters. The molecule has 0 saturated heterocycles. The lowest BCUT2D eigenvalue weighted by atomic mass is 10.1. The molecule has 1 atom stereocenters. The van der Waals surface area contributed by atoms with E-state index >= 15 is 0 Å². The summed E-state index contributed by atoms with van der Waals surface area (Å²) in [5.41, 5.74) is 1.24. The molecule has 1 aromatic carbocycles. The van der Waals surface area contributed by atoms with Crippen LogP contribution in [0.5, 0.6) is 5.75 Å². The summed E-state index contributed by atoms with van der Waals surface area (Å²) in [6.45, 7) is 7.66. The van der Waals surface area contributed by atoms with Gasteiger partial charge in [-0.1, -0.05) is 38.4 Å². The average Bonchev–Trinajstić information content (AvgIpc) is 2.39. The summed E-state index contributed by atoms with van der Waals surface area (Å²) in [6.07, 6.45) is 1.13. The minimum absolute atomic E-state index is 0.346. The molecule has 0 aliphatic heterocycles. The first-order valence-corrected chi connectivity index (χ1v) is 8.19. The van der Waals surface area contributed by atoms with E-state index in [-0.39, 0.29) is 0 Å². The second-order valence-corrected chi connectivity index (χ2v) is 6.80. The number of methoxy groups -OCH3 is 1. The molecule has 19 heavy (non-hydrogen) atoms. The fourth-order valence-corrected chi connectivity index (χ4v) is 2.86. The minimum atomic E-state index is 0.346. The standard InChI is InChI=1S/C15H24ClNOS/c1-5-8-17-14(10-19-11(2)3)12-6-7-13(16)15(9-12)18-4/h6-7,9,11,14,17H,5,8,10H2,1-4H3. The van der Waals surface area contributed by atoms with E-state index in [1.807, 2.05) is 23.9 Å². The van der Waals surface area contributed by atoms with Crippen molar-refractivity contribution in [3.05, 3.63) is 28.8 Å². The van der Waals surface area contributed by atoms with Crippen LogP contribution in [0.25, 0.3) is 0 Å². The predicted molar refractivity (Wildman–Crippen MR) is 86.6 cm³/mol. The number of thioether (sulfide) groups is 1. The topological polar surface area (TPSA) is 21.3 Å². The first kappa shape index (κ1) is 16.7. The fraction of sp³-hybridized carbons (Fsp3) is 0.600. The van der Waals surface area contributed by atoms with E-state index in [4.69, 9.17) is 16.3 Å². The molecule has 0 heterocycles. The van der Waals surface area contributed by atoms with Crippen molar-refractivity contribution in [2.24, 2.45) is 0 Å². The lowest BCUT2D eigenvalue weighted by molar-refractivity contribution is 0.413. The highest BCUT2D eigenvalue weighted by atomic mass is 35.5. The van der Waals surface area contributed by atoms with Gasteiger partial charge in [0, 0.05) is 11.8 Å². The van der Waals surface area contributed by atoms with Crippen molar-refractivity contribution in [2.75, 3.05) is 19.4 Å². The summed E-state index contributed by atoms with van der Waals surface area (Å²) in [6, 6.07) is 6.38. The van der Waals surface area contributed by atoms with E-state index in [1.54, 1.807) is 7.11 Å². The molecule has 108 valence electrons. The van der Waals surface area contributed by atoms with E-state index in [2.05, 4.69) is 32.2 Å². The number of ether oxygens (including phenoxy) is 1. The quantitative estimate of drug-likeness (QED) is 0.762. The van der Waals surface area contributed by atoms with Crippen molar-refractivity contribution in [1.82, 2.24) is 5.32 Å². The Labute approximate surface area is 126 Å². The third kappa shape index (κ3) is 5.64. The van der Waals surface area contributed by atoms with Crippen LogP contribution in [0.4, 0.5) is 0 Å². The van der Waals surface area contributed by atoms with Gasteiger partial charge in [0.1, 0.15) is 5.75 Å². The zero-order valence-corrected chi connectivity index (χ0v) is 13.8. The van der Waals surface area contributed by atoms with Crippen molar-refractivity contribution in [1.29, 1.82) is 0 Å². The molecule has 0 aliphatic carbocycles. The first-order chi connectivity index (χ1) is 9.08. The molecule has 0 aromatic heterocycles. The maximum Gasteiger partial charge on any atom is 0.137 e. The van der Waals surface area contributed by atoms with Crippen molar-refractivity contribution < 1.29 is 4.74 Å². The third-order valence-corrected chi connectivity index (χ3v) is 4.32. The van der Waals surface area contributed by atoms with Gasteiger partial charge >= 0.3 is 0 Å². The summed E-state index contributed by atoms with van der Waals surface area (Å²) >= 11 is 8.05. The smallest absolute Gasteiger partial charge is 0.137 e. The van der Waals surface area contributed by atoms with Crippen molar-refractivity contribution in [3.63, 3.8) is 0 Å². The molecule has 4 heteroatoms. The Morgan fingerprint density at radius 3 is 2.68 bits per heavy atom. The summed E-state index contributed by atoms with van der Waals surface area (Å²) < 4.78 is 5.30. The lowest BCUT2D eigenvalue weighted by Gasteiger charge is -2.20. The van der Waals surface area contributed by atoms with Gasteiger partial charge in [-0.25, -0.2) is 0 Å². The highest BCUT2D eigenvalue weighted by molar-refractivity contribution is 7.99. The van der Waals surface area contributed by atoms with E-state index < -0.39 is 0 Å². The van der Waals surface area contributed by atoms with Crippen molar-refractivity contribution in [3.8, 4) is 5.75 Å². The van der Waals surface area contributed by atoms with E-state index in [0.29, 0.717) is 16.3 Å². The maximum atomic E-state index is 6.08. The molecule has 0 fully saturated rings. The van der Waals surface area contributed by atoms with E-state index in [0.717, 1.165) is 24.5 Å². The van der Waals surface area contributed by atoms with Crippen LogP contribution in [0.1, 0.15) is 38.8 Å². The van der Waals surface area contributed by atoms with Crippen molar-refractivity contribution >= 4 is 23.4 Å². The highest BCUT2D eigenvalue weighted by Gasteiger charge is 2.13. The van der Waals surface area contributed by atoms with E-state index in [1.165, 1.54) is 5.56 Å². The molecule has 2 nitrogen and oxygen atoms in total. The van der Waals surface area contributed by atoms with Gasteiger partial charge in [0.15, 0.2) is 0 Å². The van der Waals surface area contributed by atoms with Crippen LogP contribution in [0.15, 0.2) is 18.2 Å². The molecule has 0 aliphatic rings. The second-order valence-electron chi connectivity index (χ2n) is 4.78. The molecule has 0 bridgehead atoms. The fourth-order valence-electron chi connectivity index (χ4n) is 1.77. The Morgan fingerprint density at radius 2 is 2.11 bits per heavy atom. The zero-order chi connectivity index (χ0) is 14.3. The Morgan fingerprint density at radius 1 is 1.37 bits per heavy atom. The average molecular weight is 302 g/mol. The molecule has 0 amide bonds. The minimum Gasteiger partial charge on any atom is -0.495 e. The normalized spacial score (nSPS) is 12.7. The number of benzene rings is 1. The van der Waals surface area contributed by atoms with Gasteiger partial charge in [0.2, 0.25) is 0 Å². The SMILES string of the molecule is CCCNC(CSC(C)C)c1ccc(Cl)c(OC)c1. The summed E-state index contributed by atoms with van der Waals surface area (Å²) in [5.74, 6) is 1.81. The van der Waals surface area contributed by atoms with Crippen LogP contribution in [-0.2, 0) is 0 Å². The lowest BCUT2D eigenvalue weighted by Crippen LogP contribution is -2.24. The molecule has 1 rings (SSSR count). The maximum absolute atomic E-state index is 6.08. The van der Waals surface area contributed by atoms with Crippen LogP contribution in [-0.4, -0.2) is 24.7 Å².